The number of hydrogen-bond donors (Lipinski definition) is 0. The molecule has 1 heterocycles. The Morgan fingerprint density at radius 3 is 2.71 bits per heavy atom. The number of benzene rings is 1. The number of nitrogens with zero attached hydrogens (tertiary/aromatic N) is 1. The van der Waals surface area contributed by atoms with E-state index in [-0.39, 0.29) is 17.5 Å². The van der Waals surface area contributed by atoms with Crippen LogP contribution in [0.4, 0.5) is 4.39 Å². The summed E-state index contributed by atoms with van der Waals surface area (Å²) >= 11 is 0. The summed E-state index contributed by atoms with van der Waals surface area (Å²) in [5, 5.41) is 0. The second-order valence-electron chi connectivity index (χ2n) is 5.66. The molecule has 3 nitrogen and oxygen atoms in total. The second-order valence-corrected chi connectivity index (χ2v) is 5.66. The summed E-state index contributed by atoms with van der Waals surface area (Å²) in [6.07, 6.45) is 2.77. The average molecular weight is 291 g/mol. The van der Waals surface area contributed by atoms with Crippen LogP contribution in [-0.4, -0.2) is 36.1 Å². The summed E-state index contributed by atoms with van der Waals surface area (Å²) in [6.45, 7) is 4.51. The first kappa shape index (κ1) is 15.8. The van der Waals surface area contributed by atoms with Crippen molar-refractivity contribution in [2.45, 2.75) is 32.6 Å². The van der Waals surface area contributed by atoms with Gasteiger partial charge in [-0.1, -0.05) is 6.92 Å². The molecule has 0 aliphatic carbocycles. The summed E-state index contributed by atoms with van der Waals surface area (Å²) < 4.78 is 12.8. The zero-order chi connectivity index (χ0) is 15.2. The van der Waals surface area contributed by atoms with Gasteiger partial charge in [0.15, 0.2) is 5.78 Å². The van der Waals surface area contributed by atoms with E-state index in [9.17, 15) is 14.0 Å². The van der Waals surface area contributed by atoms with Gasteiger partial charge in [0.1, 0.15) is 11.6 Å². The minimum atomic E-state index is -0.324. The zero-order valence-corrected chi connectivity index (χ0v) is 12.5. The quantitative estimate of drug-likeness (QED) is 0.756. The maximum atomic E-state index is 12.8. The van der Waals surface area contributed by atoms with Crippen molar-refractivity contribution in [1.29, 1.82) is 0 Å². The minimum Gasteiger partial charge on any atom is -0.302 e. The first-order chi connectivity index (χ1) is 10.1. The first-order valence-corrected chi connectivity index (χ1v) is 7.64. The Kier molecular flexibility index (Phi) is 5.62. The van der Waals surface area contributed by atoms with Crippen LogP contribution in [0.2, 0.25) is 0 Å². The Morgan fingerprint density at radius 2 is 2.05 bits per heavy atom. The first-order valence-electron chi connectivity index (χ1n) is 7.64. The number of carbonyl (C=O) groups is 2. The topological polar surface area (TPSA) is 37.4 Å². The third kappa shape index (κ3) is 4.46. The van der Waals surface area contributed by atoms with Crippen molar-refractivity contribution < 1.29 is 14.0 Å². The predicted octanol–water partition coefficient (Wildman–Crippen LogP) is 3.09. The molecule has 4 heteroatoms. The third-order valence-corrected chi connectivity index (χ3v) is 4.15. The highest BCUT2D eigenvalue weighted by Gasteiger charge is 2.25. The molecule has 1 aliphatic rings. The number of carbonyl (C=O) groups excluding carboxylic acids is 2. The van der Waals surface area contributed by atoms with Gasteiger partial charge in [-0.3, -0.25) is 9.59 Å². The van der Waals surface area contributed by atoms with Gasteiger partial charge in [0, 0.05) is 37.4 Å². The summed E-state index contributed by atoms with van der Waals surface area (Å²) in [6, 6.07) is 5.69. The maximum Gasteiger partial charge on any atom is 0.162 e. The van der Waals surface area contributed by atoms with Crippen molar-refractivity contribution in [3.8, 4) is 0 Å². The van der Waals surface area contributed by atoms with E-state index in [0.717, 1.165) is 32.5 Å². The third-order valence-electron chi connectivity index (χ3n) is 4.15. The van der Waals surface area contributed by atoms with Crippen molar-refractivity contribution in [3.63, 3.8) is 0 Å². The van der Waals surface area contributed by atoms with Gasteiger partial charge in [0.25, 0.3) is 0 Å². The van der Waals surface area contributed by atoms with Crippen LogP contribution in [0, 0.1) is 11.7 Å². The lowest BCUT2D eigenvalue weighted by molar-refractivity contribution is -0.126. The van der Waals surface area contributed by atoms with E-state index in [1.807, 2.05) is 6.92 Å². The highest BCUT2D eigenvalue weighted by atomic mass is 19.1. The van der Waals surface area contributed by atoms with Crippen molar-refractivity contribution in [1.82, 2.24) is 4.90 Å². The molecular formula is C17H22FNO2. The van der Waals surface area contributed by atoms with E-state index < -0.39 is 0 Å². The van der Waals surface area contributed by atoms with Gasteiger partial charge in [0.05, 0.1) is 0 Å². The lowest BCUT2D eigenvalue weighted by atomic mass is 9.94. The molecule has 0 N–H and O–H groups in total. The standard InChI is InChI=1S/C17H22FNO2/c1-2-13-12-19(11-9-17(13)21)10-3-4-16(20)14-5-7-15(18)8-6-14/h5-8,13H,2-4,9-12H2,1H3. The molecule has 1 aliphatic heterocycles. The Labute approximate surface area is 125 Å². The van der Waals surface area contributed by atoms with Crippen LogP contribution < -0.4 is 0 Å². The van der Waals surface area contributed by atoms with Gasteiger partial charge in [-0.15, -0.1) is 0 Å². The molecule has 0 radical (unpaired) electrons. The van der Waals surface area contributed by atoms with Crippen LogP contribution in [0.3, 0.4) is 0 Å². The number of likely N-dealkylation sites (tertiary alicyclic amines) is 1. The molecule has 1 aromatic rings. The van der Waals surface area contributed by atoms with E-state index in [1.165, 1.54) is 24.3 Å². The molecule has 1 unspecified atom stereocenters. The second kappa shape index (κ2) is 7.46. The van der Waals surface area contributed by atoms with Gasteiger partial charge in [-0.2, -0.15) is 0 Å². The lowest BCUT2D eigenvalue weighted by Crippen LogP contribution is -2.41. The Bertz CT molecular complexity index is 498. The summed E-state index contributed by atoms with van der Waals surface area (Å²) in [7, 11) is 0. The van der Waals surface area contributed by atoms with Crippen molar-refractivity contribution in [2.75, 3.05) is 19.6 Å². The molecule has 0 saturated carbocycles. The molecule has 21 heavy (non-hydrogen) atoms. The number of Topliss-reactive ketones (excluding diaryl/α,β-unsaturated/α-hetero) is 2. The van der Waals surface area contributed by atoms with E-state index in [4.69, 9.17) is 0 Å². The Balaban J connectivity index is 1.75. The van der Waals surface area contributed by atoms with Crippen LogP contribution >= 0.6 is 0 Å². The molecule has 2 rings (SSSR count). The van der Waals surface area contributed by atoms with Gasteiger partial charge in [-0.25, -0.2) is 4.39 Å². The van der Waals surface area contributed by atoms with Gasteiger partial charge in [0.2, 0.25) is 0 Å². The largest absolute Gasteiger partial charge is 0.302 e. The highest BCUT2D eigenvalue weighted by molar-refractivity contribution is 5.95. The van der Waals surface area contributed by atoms with Gasteiger partial charge in [-0.05, 0) is 43.7 Å². The van der Waals surface area contributed by atoms with Crippen LogP contribution in [-0.2, 0) is 4.79 Å². The normalized spacial score (nSPS) is 19.7. The van der Waals surface area contributed by atoms with Crippen LogP contribution in [0.1, 0.15) is 43.0 Å². The van der Waals surface area contributed by atoms with Crippen molar-refractivity contribution >= 4 is 11.6 Å². The monoisotopic (exact) mass is 291 g/mol. The van der Waals surface area contributed by atoms with Crippen LogP contribution in [0.25, 0.3) is 0 Å². The zero-order valence-electron chi connectivity index (χ0n) is 12.5. The maximum absolute atomic E-state index is 12.8. The summed E-state index contributed by atoms with van der Waals surface area (Å²) in [4.78, 5) is 25.9. The molecule has 0 aromatic heterocycles. The van der Waals surface area contributed by atoms with Gasteiger partial charge < -0.3 is 4.90 Å². The Hall–Kier alpha value is -1.55. The molecule has 0 amide bonds. The van der Waals surface area contributed by atoms with Gasteiger partial charge >= 0.3 is 0 Å². The van der Waals surface area contributed by atoms with E-state index in [2.05, 4.69) is 4.90 Å². The number of piperidine rings is 1. The molecule has 0 spiro atoms. The minimum absolute atomic E-state index is 0.0510. The highest BCUT2D eigenvalue weighted by Crippen LogP contribution is 2.17. The number of rotatable bonds is 6. The lowest BCUT2D eigenvalue weighted by Gasteiger charge is -2.31. The number of halogens is 1. The molecule has 1 aromatic carbocycles. The molecule has 1 atom stereocenters. The smallest absolute Gasteiger partial charge is 0.162 e. The SMILES string of the molecule is CCC1CN(CCCC(=O)c2ccc(F)cc2)CCC1=O. The average Bonchev–Trinajstić information content (AvgIpc) is 2.49. The molecule has 114 valence electrons. The summed E-state index contributed by atoms with van der Waals surface area (Å²) in [5.41, 5.74) is 0.566. The van der Waals surface area contributed by atoms with E-state index in [1.54, 1.807) is 0 Å². The fourth-order valence-electron chi connectivity index (χ4n) is 2.78. The van der Waals surface area contributed by atoms with E-state index >= 15 is 0 Å². The molecule has 0 bridgehead atoms. The number of ketones is 2. The van der Waals surface area contributed by atoms with Crippen molar-refractivity contribution in [2.24, 2.45) is 5.92 Å². The predicted molar refractivity (Wildman–Crippen MR) is 79.8 cm³/mol. The number of hydrogen-bond acceptors (Lipinski definition) is 3. The Morgan fingerprint density at radius 1 is 1.33 bits per heavy atom. The summed E-state index contributed by atoms with van der Waals surface area (Å²) in [5.74, 6) is 0.257. The molecular weight excluding hydrogens is 269 g/mol. The molecule has 1 saturated heterocycles. The van der Waals surface area contributed by atoms with Crippen LogP contribution in [0.15, 0.2) is 24.3 Å². The van der Waals surface area contributed by atoms with E-state index in [0.29, 0.717) is 24.2 Å². The van der Waals surface area contributed by atoms with Crippen LogP contribution in [0.5, 0.6) is 0 Å². The molecule has 1 fully saturated rings. The fourth-order valence-corrected chi connectivity index (χ4v) is 2.78. The fraction of sp³-hybridized carbons (Fsp3) is 0.529. The van der Waals surface area contributed by atoms with Crippen molar-refractivity contribution in [3.05, 3.63) is 35.6 Å².